The Labute approximate surface area is 244 Å². The van der Waals surface area contributed by atoms with Gasteiger partial charge in [0, 0.05) is 25.7 Å². The molecule has 1 atom stereocenters. The smallest absolute Gasteiger partial charge is 0.290 e. The zero-order chi connectivity index (χ0) is 28.9. The summed E-state index contributed by atoms with van der Waals surface area (Å²) in [5.41, 5.74) is 1.27. The molecule has 1 saturated heterocycles. The Morgan fingerprint density at radius 3 is 2.50 bits per heavy atom. The van der Waals surface area contributed by atoms with Crippen LogP contribution in [-0.2, 0) is 22.6 Å². The molecule has 0 radical (unpaired) electrons. The number of halogens is 1. The predicted octanol–water partition coefficient (Wildman–Crippen LogP) is 4.81. The molecule has 2 amide bonds. The van der Waals surface area contributed by atoms with E-state index in [1.807, 2.05) is 12.1 Å². The molecular weight excluding hydrogens is 541 g/mol. The van der Waals surface area contributed by atoms with Gasteiger partial charge in [0.05, 0.1) is 19.8 Å². The van der Waals surface area contributed by atoms with E-state index in [1.54, 1.807) is 30.3 Å². The molecule has 9 nitrogen and oxygen atoms in total. The Hall–Kier alpha value is -3.89. The molecule has 3 aromatic rings. The van der Waals surface area contributed by atoms with Gasteiger partial charge in [-0.25, -0.2) is 4.39 Å². The second-order valence-corrected chi connectivity index (χ2v) is 11.1. The third-order valence-electron chi connectivity index (χ3n) is 8.10. The molecule has 2 aliphatic heterocycles. The maximum absolute atomic E-state index is 14.3. The summed E-state index contributed by atoms with van der Waals surface area (Å²) in [4.78, 5) is 32.0. The lowest BCUT2D eigenvalue weighted by Gasteiger charge is -2.33. The molecule has 2 fully saturated rings. The highest BCUT2D eigenvalue weighted by Crippen LogP contribution is 2.34. The first kappa shape index (κ1) is 28.2. The lowest BCUT2D eigenvalue weighted by atomic mass is 9.94. The van der Waals surface area contributed by atoms with Crippen LogP contribution < -0.4 is 14.8 Å². The van der Waals surface area contributed by atoms with Crippen molar-refractivity contribution in [2.45, 2.75) is 57.3 Å². The fourth-order valence-electron chi connectivity index (χ4n) is 5.86. The van der Waals surface area contributed by atoms with Gasteiger partial charge >= 0.3 is 0 Å². The van der Waals surface area contributed by atoms with Crippen molar-refractivity contribution in [2.75, 3.05) is 33.1 Å². The highest BCUT2D eigenvalue weighted by molar-refractivity contribution is 5.96. The largest absolute Gasteiger partial charge is 0.455 e. The van der Waals surface area contributed by atoms with Crippen molar-refractivity contribution in [1.82, 2.24) is 15.1 Å². The first-order chi connectivity index (χ1) is 20.5. The summed E-state index contributed by atoms with van der Waals surface area (Å²) in [5, 5.41) is 3.19. The van der Waals surface area contributed by atoms with Gasteiger partial charge in [-0.1, -0.05) is 37.5 Å². The van der Waals surface area contributed by atoms with Crippen molar-refractivity contribution < 1.29 is 32.6 Å². The molecular formula is C32H36FN3O6. The van der Waals surface area contributed by atoms with Crippen molar-refractivity contribution >= 4 is 11.8 Å². The van der Waals surface area contributed by atoms with E-state index < -0.39 is 17.8 Å². The number of hydrogen-bond donors (Lipinski definition) is 1. The number of amides is 2. The molecule has 1 aliphatic carbocycles. The van der Waals surface area contributed by atoms with Gasteiger partial charge in [0.15, 0.2) is 17.3 Å². The summed E-state index contributed by atoms with van der Waals surface area (Å²) in [5.74, 6) is 0.843. The number of nitrogens with zero attached hydrogens (tertiary/aromatic N) is 2. The van der Waals surface area contributed by atoms with Crippen molar-refractivity contribution in [1.29, 1.82) is 0 Å². The predicted molar refractivity (Wildman–Crippen MR) is 151 cm³/mol. The Balaban J connectivity index is 1.33. The average molecular weight is 578 g/mol. The summed E-state index contributed by atoms with van der Waals surface area (Å²) in [6.45, 7) is 3.66. The third kappa shape index (κ3) is 6.60. The summed E-state index contributed by atoms with van der Waals surface area (Å²) < 4.78 is 36.5. The summed E-state index contributed by atoms with van der Waals surface area (Å²) in [6.07, 6.45) is 5.02. The van der Waals surface area contributed by atoms with Crippen molar-refractivity contribution in [3.05, 3.63) is 83.1 Å². The molecule has 1 unspecified atom stereocenters. The lowest BCUT2D eigenvalue weighted by Crippen LogP contribution is -2.46. The maximum atomic E-state index is 14.3. The summed E-state index contributed by atoms with van der Waals surface area (Å²) in [6, 6.07) is 13.7. The number of fused-ring (bicyclic) bond motifs is 1. The monoisotopic (exact) mass is 577 g/mol. The molecule has 3 aliphatic rings. The zero-order valence-electron chi connectivity index (χ0n) is 23.6. The molecule has 1 saturated carbocycles. The molecule has 1 aromatic heterocycles. The number of rotatable bonds is 9. The fourth-order valence-corrected chi connectivity index (χ4v) is 5.86. The van der Waals surface area contributed by atoms with E-state index in [4.69, 9.17) is 18.6 Å². The van der Waals surface area contributed by atoms with Crippen molar-refractivity contribution in [2.24, 2.45) is 0 Å². The van der Waals surface area contributed by atoms with E-state index in [1.165, 1.54) is 17.0 Å². The Bertz CT molecular complexity index is 1380. The van der Waals surface area contributed by atoms with Crippen LogP contribution in [0.5, 0.6) is 11.5 Å². The summed E-state index contributed by atoms with van der Waals surface area (Å²) >= 11 is 0. The number of benzene rings is 2. The van der Waals surface area contributed by atoms with E-state index in [2.05, 4.69) is 10.2 Å². The summed E-state index contributed by atoms with van der Waals surface area (Å²) in [7, 11) is 0. The molecule has 0 spiro atoms. The van der Waals surface area contributed by atoms with Gasteiger partial charge in [0.1, 0.15) is 17.6 Å². The van der Waals surface area contributed by atoms with Gasteiger partial charge in [-0.05, 0) is 60.4 Å². The van der Waals surface area contributed by atoms with Gasteiger partial charge in [0.25, 0.3) is 5.91 Å². The highest BCUT2D eigenvalue weighted by Gasteiger charge is 2.35. The third-order valence-corrected chi connectivity index (χ3v) is 8.10. The van der Waals surface area contributed by atoms with E-state index in [0.29, 0.717) is 42.6 Å². The van der Waals surface area contributed by atoms with E-state index in [-0.39, 0.29) is 31.0 Å². The number of ether oxygens (including phenoxy) is 3. The van der Waals surface area contributed by atoms with Gasteiger partial charge in [-0.3, -0.25) is 14.5 Å². The van der Waals surface area contributed by atoms with Crippen LogP contribution in [0.2, 0.25) is 0 Å². The second-order valence-electron chi connectivity index (χ2n) is 11.1. The average Bonchev–Trinajstić information content (AvgIpc) is 3.68. The topological polar surface area (TPSA) is 93.5 Å². The van der Waals surface area contributed by atoms with Crippen LogP contribution in [0.15, 0.2) is 59.0 Å². The van der Waals surface area contributed by atoms with Crippen molar-refractivity contribution in [3.8, 4) is 11.5 Å². The van der Waals surface area contributed by atoms with E-state index in [9.17, 15) is 14.0 Å². The number of carbonyl (C=O) groups excluding carboxylic acids is 2. The van der Waals surface area contributed by atoms with Crippen molar-refractivity contribution in [3.63, 3.8) is 0 Å². The molecule has 42 heavy (non-hydrogen) atoms. The van der Waals surface area contributed by atoms with Crippen LogP contribution in [0.4, 0.5) is 4.39 Å². The molecule has 2 aromatic carbocycles. The van der Waals surface area contributed by atoms with Gasteiger partial charge < -0.3 is 28.8 Å². The minimum absolute atomic E-state index is 0.0282. The number of carbonyl (C=O) groups is 2. The highest BCUT2D eigenvalue weighted by atomic mass is 19.1. The second kappa shape index (κ2) is 13.0. The minimum atomic E-state index is -1.02. The standard InChI is InChI=1S/C32H36FN3O6/c33-24-9-7-23(8-10-24)30(31(37)34-25-4-2-1-3-5-25)36(19-22-6-12-27-29(18-22)41-21-40-27)32(38)28-13-11-26(42-28)20-35-14-16-39-17-15-35/h6-13,18,25,30H,1-5,14-17,19-21H2,(H,34,37). The quantitative estimate of drug-likeness (QED) is 0.390. The SMILES string of the molecule is O=C(NC1CCCCC1)C(c1ccc(F)cc1)N(Cc1ccc2c(c1)OCO2)C(=O)c1ccc(CN2CCOCC2)o1. The Morgan fingerprint density at radius 2 is 1.71 bits per heavy atom. The molecule has 6 rings (SSSR count). The first-order valence-corrected chi connectivity index (χ1v) is 14.7. The fraction of sp³-hybridized carbons (Fsp3) is 0.438. The molecule has 222 valence electrons. The Kier molecular flexibility index (Phi) is 8.71. The first-order valence-electron chi connectivity index (χ1n) is 14.7. The van der Waals surface area contributed by atoms with Gasteiger partial charge in [-0.2, -0.15) is 0 Å². The molecule has 1 N–H and O–H groups in total. The number of hydrogen-bond acceptors (Lipinski definition) is 7. The van der Waals surface area contributed by atoms with Crippen LogP contribution in [0.25, 0.3) is 0 Å². The van der Waals surface area contributed by atoms with E-state index >= 15 is 0 Å². The Morgan fingerprint density at radius 1 is 0.952 bits per heavy atom. The van der Waals surface area contributed by atoms with Gasteiger partial charge in [-0.15, -0.1) is 0 Å². The van der Waals surface area contributed by atoms with Gasteiger partial charge in [0.2, 0.25) is 12.7 Å². The maximum Gasteiger partial charge on any atom is 0.290 e. The molecule has 10 heteroatoms. The lowest BCUT2D eigenvalue weighted by molar-refractivity contribution is -0.127. The van der Waals surface area contributed by atoms with Crippen LogP contribution >= 0.6 is 0 Å². The van der Waals surface area contributed by atoms with E-state index in [0.717, 1.165) is 50.8 Å². The van der Waals surface area contributed by atoms with Crippen LogP contribution in [-0.4, -0.2) is 60.8 Å². The number of nitrogens with one attached hydrogen (secondary N) is 1. The van der Waals surface area contributed by atoms with Crippen LogP contribution in [0.1, 0.15) is 65.6 Å². The number of morpholine rings is 1. The minimum Gasteiger partial charge on any atom is -0.455 e. The van der Waals surface area contributed by atoms with Crippen LogP contribution in [0, 0.1) is 5.82 Å². The molecule has 3 heterocycles. The zero-order valence-corrected chi connectivity index (χ0v) is 23.6. The number of furan rings is 1. The van der Waals surface area contributed by atoms with Crippen LogP contribution in [0.3, 0.4) is 0 Å². The molecule has 0 bridgehead atoms. The normalized spacial score (nSPS) is 18.0.